The average molecular weight is 353 g/mol. The lowest BCUT2D eigenvalue weighted by molar-refractivity contribution is 0.0442. The molecule has 0 saturated carbocycles. The Labute approximate surface area is 149 Å². The quantitative estimate of drug-likeness (QED) is 0.519. The average Bonchev–Trinajstić information content (AvgIpc) is 3.13. The van der Waals surface area contributed by atoms with Crippen LogP contribution in [-0.2, 0) is 11.2 Å². The minimum absolute atomic E-state index is 0.00140. The minimum atomic E-state index is -0.746. The molecule has 3 aromatic rings. The molecule has 0 spiro atoms. The van der Waals surface area contributed by atoms with Gasteiger partial charge in [-0.1, -0.05) is 18.2 Å². The third kappa shape index (κ3) is 3.06. The predicted octanol–water partition coefficient (Wildman–Crippen LogP) is 3.54. The molecule has 0 radical (unpaired) electrons. The molecule has 0 amide bonds. The number of benzene rings is 2. The number of halogens is 1. The highest BCUT2D eigenvalue weighted by Crippen LogP contribution is 2.32. The van der Waals surface area contributed by atoms with E-state index in [2.05, 4.69) is 4.98 Å². The van der Waals surface area contributed by atoms with Crippen LogP contribution in [-0.4, -0.2) is 30.8 Å². The lowest BCUT2D eigenvalue weighted by Crippen LogP contribution is -2.14. The molecular formula is C20H16FNO4. The van der Waals surface area contributed by atoms with Crippen molar-refractivity contribution < 1.29 is 23.4 Å². The number of pyridine rings is 1. The second-order valence-corrected chi connectivity index (χ2v) is 5.82. The maximum Gasteiger partial charge on any atom is 0.345 e. The monoisotopic (exact) mass is 353 g/mol. The van der Waals surface area contributed by atoms with Crippen molar-refractivity contribution in [3.8, 4) is 11.5 Å². The van der Waals surface area contributed by atoms with Crippen LogP contribution in [0.3, 0.4) is 0 Å². The Bertz CT molecular complexity index is 968. The molecule has 0 aliphatic carbocycles. The third-order valence-corrected chi connectivity index (χ3v) is 4.19. The highest BCUT2D eigenvalue weighted by Gasteiger charge is 2.25. The number of nitrogens with zero attached hydrogens (tertiary/aromatic N) is 1. The molecule has 0 unspecified atom stereocenters. The standard InChI is InChI=1S/C20H16FNO4/c21-15-6-5-13-8-10-25-19(13)18(15)20(23)26-12-11-24-17-7-9-22-16-4-2-1-3-14(16)17/h1-7,9H,8,10-12H2. The van der Waals surface area contributed by atoms with E-state index < -0.39 is 11.8 Å². The summed E-state index contributed by atoms with van der Waals surface area (Å²) in [6.07, 6.45) is 2.32. The summed E-state index contributed by atoms with van der Waals surface area (Å²) >= 11 is 0. The Morgan fingerprint density at radius 3 is 2.96 bits per heavy atom. The molecule has 1 aromatic heterocycles. The number of rotatable bonds is 5. The minimum Gasteiger partial charge on any atom is -0.492 e. The molecule has 0 atom stereocenters. The summed E-state index contributed by atoms with van der Waals surface area (Å²) in [7, 11) is 0. The Morgan fingerprint density at radius 1 is 1.15 bits per heavy atom. The number of carbonyl (C=O) groups excluding carboxylic acids is 1. The van der Waals surface area contributed by atoms with Crippen LogP contribution in [0.25, 0.3) is 10.9 Å². The van der Waals surface area contributed by atoms with Crippen LogP contribution in [0.15, 0.2) is 48.7 Å². The van der Waals surface area contributed by atoms with Crippen LogP contribution >= 0.6 is 0 Å². The van der Waals surface area contributed by atoms with Gasteiger partial charge in [-0.2, -0.15) is 0 Å². The molecular weight excluding hydrogens is 337 g/mol. The number of aromatic nitrogens is 1. The van der Waals surface area contributed by atoms with Gasteiger partial charge in [0.05, 0.1) is 12.1 Å². The first-order valence-electron chi connectivity index (χ1n) is 8.32. The van der Waals surface area contributed by atoms with E-state index in [9.17, 15) is 9.18 Å². The molecule has 2 aromatic carbocycles. The van der Waals surface area contributed by atoms with Crippen molar-refractivity contribution in [2.45, 2.75) is 6.42 Å². The van der Waals surface area contributed by atoms with E-state index in [0.717, 1.165) is 16.5 Å². The Hall–Kier alpha value is -3.15. The highest BCUT2D eigenvalue weighted by molar-refractivity contribution is 5.93. The summed E-state index contributed by atoms with van der Waals surface area (Å²) in [6.45, 7) is 0.590. The zero-order valence-corrected chi connectivity index (χ0v) is 13.9. The van der Waals surface area contributed by atoms with E-state index >= 15 is 0 Å². The van der Waals surface area contributed by atoms with E-state index in [1.807, 2.05) is 24.3 Å². The largest absolute Gasteiger partial charge is 0.492 e. The fourth-order valence-electron chi connectivity index (χ4n) is 2.97. The molecule has 0 fully saturated rings. The lowest BCUT2D eigenvalue weighted by atomic mass is 10.1. The molecule has 26 heavy (non-hydrogen) atoms. The zero-order chi connectivity index (χ0) is 17.9. The summed E-state index contributed by atoms with van der Waals surface area (Å²) in [5.41, 5.74) is 1.49. The van der Waals surface area contributed by atoms with Crippen molar-refractivity contribution in [1.82, 2.24) is 4.98 Å². The summed E-state index contributed by atoms with van der Waals surface area (Å²) in [4.78, 5) is 16.5. The maximum atomic E-state index is 14.0. The van der Waals surface area contributed by atoms with Crippen LogP contribution in [0.1, 0.15) is 15.9 Å². The molecule has 2 heterocycles. The number of ether oxygens (including phenoxy) is 3. The molecule has 1 aliphatic rings. The predicted molar refractivity (Wildman–Crippen MR) is 93.1 cm³/mol. The van der Waals surface area contributed by atoms with Gasteiger partial charge < -0.3 is 14.2 Å². The van der Waals surface area contributed by atoms with E-state index in [-0.39, 0.29) is 24.5 Å². The second-order valence-electron chi connectivity index (χ2n) is 5.82. The smallest absolute Gasteiger partial charge is 0.345 e. The van der Waals surface area contributed by atoms with Crippen molar-refractivity contribution in [3.05, 3.63) is 65.6 Å². The van der Waals surface area contributed by atoms with Gasteiger partial charge in [-0.05, 0) is 29.8 Å². The van der Waals surface area contributed by atoms with Gasteiger partial charge in [0.25, 0.3) is 0 Å². The van der Waals surface area contributed by atoms with E-state index in [4.69, 9.17) is 14.2 Å². The molecule has 6 heteroatoms. The van der Waals surface area contributed by atoms with E-state index in [1.54, 1.807) is 18.3 Å². The van der Waals surface area contributed by atoms with Crippen LogP contribution in [0.2, 0.25) is 0 Å². The summed E-state index contributed by atoms with van der Waals surface area (Å²) in [5.74, 6) is -0.445. The van der Waals surface area contributed by atoms with Gasteiger partial charge in [0.15, 0.2) is 0 Å². The lowest BCUT2D eigenvalue weighted by Gasteiger charge is -2.11. The van der Waals surface area contributed by atoms with Crippen LogP contribution in [0.5, 0.6) is 11.5 Å². The summed E-state index contributed by atoms with van der Waals surface area (Å²) < 4.78 is 30.3. The fraction of sp³-hybridized carbons (Fsp3) is 0.200. The normalized spacial score (nSPS) is 12.5. The number of carbonyl (C=O) groups is 1. The van der Waals surface area contributed by atoms with Crippen LogP contribution in [0.4, 0.5) is 4.39 Å². The highest BCUT2D eigenvalue weighted by atomic mass is 19.1. The fourth-order valence-corrected chi connectivity index (χ4v) is 2.97. The van der Waals surface area contributed by atoms with Gasteiger partial charge >= 0.3 is 5.97 Å². The summed E-state index contributed by atoms with van der Waals surface area (Å²) in [6, 6.07) is 12.2. The number of fused-ring (bicyclic) bond motifs is 2. The first-order valence-corrected chi connectivity index (χ1v) is 8.32. The van der Waals surface area contributed by atoms with Gasteiger partial charge in [-0.25, -0.2) is 9.18 Å². The van der Waals surface area contributed by atoms with Gasteiger partial charge in [0, 0.05) is 18.0 Å². The van der Waals surface area contributed by atoms with Crippen molar-refractivity contribution in [2.75, 3.05) is 19.8 Å². The van der Waals surface area contributed by atoms with Crippen LogP contribution in [0, 0.1) is 5.82 Å². The van der Waals surface area contributed by atoms with Gasteiger partial charge in [0.1, 0.15) is 36.1 Å². The van der Waals surface area contributed by atoms with Crippen molar-refractivity contribution in [3.63, 3.8) is 0 Å². The molecule has 0 bridgehead atoms. The van der Waals surface area contributed by atoms with Gasteiger partial charge in [-0.3, -0.25) is 4.98 Å². The van der Waals surface area contributed by atoms with E-state index in [0.29, 0.717) is 18.8 Å². The molecule has 0 N–H and O–H groups in total. The zero-order valence-electron chi connectivity index (χ0n) is 13.9. The van der Waals surface area contributed by atoms with Gasteiger partial charge in [-0.15, -0.1) is 0 Å². The molecule has 4 rings (SSSR count). The second kappa shape index (κ2) is 7.00. The van der Waals surface area contributed by atoms with Crippen LogP contribution < -0.4 is 9.47 Å². The Balaban J connectivity index is 1.40. The van der Waals surface area contributed by atoms with E-state index in [1.165, 1.54) is 6.07 Å². The Morgan fingerprint density at radius 2 is 2.04 bits per heavy atom. The van der Waals surface area contributed by atoms with Crippen molar-refractivity contribution in [2.24, 2.45) is 0 Å². The maximum absolute atomic E-state index is 14.0. The number of hydrogen-bond donors (Lipinski definition) is 0. The first kappa shape index (κ1) is 16.3. The summed E-state index contributed by atoms with van der Waals surface area (Å²) in [5, 5.41) is 0.877. The number of para-hydroxylation sites is 1. The first-order chi connectivity index (χ1) is 12.7. The molecule has 1 aliphatic heterocycles. The SMILES string of the molecule is O=C(OCCOc1ccnc2ccccc12)c1c(F)ccc2c1OCC2. The van der Waals surface area contributed by atoms with Crippen molar-refractivity contribution in [1.29, 1.82) is 0 Å². The third-order valence-electron chi connectivity index (χ3n) is 4.19. The number of esters is 1. The molecule has 0 saturated heterocycles. The molecule has 132 valence electrons. The van der Waals surface area contributed by atoms with Crippen molar-refractivity contribution >= 4 is 16.9 Å². The topological polar surface area (TPSA) is 57.7 Å². The Kier molecular flexibility index (Phi) is 4.39. The molecule has 5 nitrogen and oxygen atoms in total. The number of hydrogen-bond acceptors (Lipinski definition) is 5. The van der Waals surface area contributed by atoms with Gasteiger partial charge in [0.2, 0.25) is 0 Å².